The summed E-state index contributed by atoms with van der Waals surface area (Å²) in [6.07, 6.45) is 3.11. The Balaban J connectivity index is 1.61. The molecule has 1 aliphatic carbocycles. The van der Waals surface area contributed by atoms with Gasteiger partial charge in [0.1, 0.15) is 18.0 Å². The zero-order valence-electron chi connectivity index (χ0n) is 15.6. The van der Waals surface area contributed by atoms with E-state index in [-0.39, 0.29) is 22.9 Å². The monoisotopic (exact) mass is 328 g/mol. The van der Waals surface area contributed by atoms with Gasteiger partial charge in [0.2, 0.25) is 0 Å². The molecule has 3 rings (SSSR count). The number of allylic oxidation sites excluding steroid dienone is 2. The first-order valence-corrected chi connectivity index (χ1v) is 8.73. The minimum absolute atomic E-state index is 0.000572. The van der Waals surface area contributed by atoms with Gasteiger partial charge < -0.3 is 9.47 Å². The summed E-state index contributed by atoms with van der Waals surface area (Å²) < 4.78 is 11.5. The molecule has 2 unspecified atom stereocenters. The molecule has 1 aromatic rings. The first-order valence-electron chi connectivity index (χ1n) is 8.73. The molecule has 1 fully saturated rings. The molecule has 1 aromatic carbocycles. The lowest BCUT2D eigenvalue weighted by atomic mass is 10.0. The van der Waals surface area contributed by atoms with Crippen LogP contribution in [0.25, 0.3) is 0 Å². The van der Waals surface area contributed by atoms with Crippen LogP contribution in [0.1, 0.15) is 52.7 Å². The van der Waals surface area contributed by atoms with Gasteiger partial charge in [0.25, 0.3) is 0 Å². The lowest BCUT2D eigenvalue weighted by molar-refractivity contribution is -0.147. The fourth-order valence-electron chi connectivity index (χ4n) is 3.76. The van der Waals surface area contributed by atoms with Gasteiger partial charge in [-0.2, -0.15) is 0 Å². The third-order valence-electron chi connectivity index (χ3n) is 5.19. The second-order valence-corrected chi connectivity index (χ2v) is 8.66. The van der Waals surface area contributed by atoms with E-state index >= 15 is 0 Å². The van der Waals surface area contributed by atoms with Gasteiger partial charge >= 0.3 is 5.97 Å². The van der Waals surface area contributed by atoms with Crippen molar-refractivity contribution in [3.63, 3.8) is 0 Å². The molecule has 0 amide bonds. The standard InChI is InChI=1S/C21H28O3/c1-13(2)9-16-18(21(16,5)6)19(22)23-12-14-7-8-15-11-20(3,4)24-17(15)10-14/h7-10,16,18H,11-12H2,1-6H3. The topological polar surface area (TPSA) is 35.5 Å². The van der Waals surface area contributed by atoms with Crippen molar-refractivity contribution in [2.24, 2.45) is 17.3 Å². The van der Waals surface area contributed by atoms with Crippen molar-refractivity contribution in [3.8, 4) is 5.75 Å². The number of carbonyl (C=O) groups is 1. The van der Waals surface area contributed by atoms with E-state index in [1.807, 2.05) is 12.1 Å². The number of carbonyl (C=O) groups excluding carboxylic acids is 1. The molecule has 130 valence electrons. The van der Waals surface area contributed by atoms with Crippen molar-refractivity contribution >= 4 is 5.97 Å². The van der Waals surface area contributed by atoms with Crippen LogP contribution in [0.3, 0.4) is 0 Å². The van der Waals surface area contributed by atoms with Crippen molar-refractivity contribution in [2.75, 3.05) is 0 Å². The highest BCUT2D eigenvalue weighted by molar-refractivity contribution is 5.78. The highest BCUT2D eigenvalue weighted by Gasteiger charge is 2.61. The average Bonchev–Trinajstić information content (AvgIpc) is 2.83. The Kier molecular flexibility index (Phi) is 4.01. The molecule has 3 heteroatoms. The molecule has 24 heavy (non-hydrogen) atoms. The third-order valence-corrected chi connectivity index (χ3v) is 5.19. The van der Waals surface area contributed by atoms with Crippen molar-refractivity contribution in [3.05, 3.63) is 41.0 Å². The number of esters is 1. The van der Waals surface area contributed by atoms with E-state index < -0.39 is 0 Å². The molecule has 0 spiro atoms. The van der Waals surface area contributed by atoms with Crippen LogP contribution in [0.4, 0.5) is 0 Å². The molecule has 1 aliphatic heterocycles. The zero-order valence-corrected chi connectivity index (χ0v) is 15.6. The Hall–Kier alpha value is -1.77. The Morgan fingerprint density at radius 1 is 1.29 bits per heavy atom. The highest BCUT2D eigenvalue weighted by atomic mass is 16.5. The summed E-state index contributed by atoms with van der Waals surface area (Å²) in [5.41, 5.74) is 3.31. The Morgan fingerprint density at radius 2 is 2.00 bits per heavy atom. The molecule has 0 saturated heterocycles. The van der Waals surface area contributed by atoms with Crippen LogP contribution in [0.15, 0.2) is 29.8 Å². The number of ether oxygens (including phenoxy) is 2. The smallest absolute Gasteiger partial charge is 0.310 e. The van der Waals surface area contributed by atoms with Crippen molar-refractivity contribution < 1.29 is 14.3 Å². The van der Waals surface area contributed by atoms with Crippen LogP contribution < -0.4 is 4.74 Å². The zero-order chi connectivity index (χ0) is 17.7. The number of rotatable bonds is 4. The largest absolute Gasteiger partial charge is 0.487 e. The Labute approximate surface area is 145 Å². The first-order chi connectivity index (χ1) is 11.1. The number of hydrogen-bond donors (Lipinski definition) is 0. The predicted molar refractivity (Wildman–Crippen MR) is 94.8 cm³/mol. The van der Waals surface area contributed by atoms with E-state index in [1.54, 1.807) is 0 Å². The molecule has 0 bridgehead atoms. The van der Waals surface area contributed by atoms with Gasteiger partial charge in [0.05, 0.1) is 5.92 Å². The average molecular weight is 328 g/mol. The van der Waals surface area contributed by atoms with Crippen LogP contribution in [-0.4, -0.2) is 11.6 Å². The van der Waals surface area contributed by atoms with Crippen molar-refractivity contribution in [2.45, 2.75) is 60.2 Å². The van der Waals surface area contributed by atoms with Gasteiger partial charge in [-0.05, 0) is 56.2 Å². The summed E-state index contributed by atoms with van der Waals surface area (Å²) in [5.74, 6) is 1.09. The molecule has 2 atom stereocenters. The van der Waals surface area contributed by atoms with Gasteiger partial charge in [-0.25, -0.2) is 0 Å². The first kappa shape index (κ1) is 17.1. The molecule has 3 nitrogen and oxygen atoms in total. The van der Waals surface area contributed by atoms with Gasteiger partial charge in [-0.1, -0.05) is 37.6 Å². The quantitative estimate of drug-likeness (QED) is 0.594. The summed E-state index contributed by atoms with van der Waals surface area (Å²) in [4.78, 5) is 12.4. The summed E-state index contributed by atoms with van der Waals surface area (Å²) in [5, 5.41) is 0. The van der Waals surface area contributed by atoms with Gasteiger partial charge in [0.15, 0.2) is 0 Å². The van der Waals surface area contributed by atoms with Crippen LogP contribution in [-0.2, 0) is 22.6 Å². The van der Waals surface area contributed by atoms with Crippen LogP contribution in [0.2, 0.25) is 0 Å². The normalized spacial score (nSPS) is 25.4. The van der Waals surface area contributed by atoms with Crippen LogP contribution in [0.5, 0.6) is 5.75 Å². The third kappa shape index (κ3) is 3.22. The molecule has 1 heterocycles. The molecule has 0 radical (unpaired) electrons. The SMILES string of the molecule is CC(C)=CC1C(C(=O)OCc2ccc3c(c2)OC(C)(C)C3)C1(C)C. The van der Waals surface area contributed by atoms with Crippen molar-refractivity contribution in [1.29, 1.82) is 0 Å². The molecular weight excluding hydrogens is 300 g/mol. The van der Waals surface area contributed by atoms with Crippen molar-refractivity contribution in [1.82, 2.24) is 0 Å². The van der Waals surface area contributed by atoms with Crippen LogP contribution in [0, 0.1) is 17.3 Å². The second kappa shape index (κ2) is 5.65. The van der Waals surface area contributed by atoms with E-state index in [0.29, 0.717) is 12.5 Å². The molecule has 0 N–H and O–H groups in total. The molecule has 2 aliphatic rings. The molecule has 1 saturated carbocycles. The summed E-state index contributed by atoms with van der Waals surface area (Å²) in [6, 6.07) is 6.12. The van der Waals surface area contributed by atoms with Crippen LogP contribution >= 0.6 is 0 Å². The summed E-state index contributed by atoms with van der Waals surface area (Å²) in [7, 11) is 0. The predicted octanol–water partition coefficient (Wildman–Crippen LogP) is 4.68. The summed E-state index contributed by atoms with van der Waals surface area (Å²) >= 11 is 0. The maximum atomic E-state index is 12.4. The fraction of sp³-hybridized carbons (Fsp3) is 0.571. The second-order valence-electron chi connectivity index (χ2n) is 8.66. The van der Waals surface area contributed by atoms with E-state index in [2.05, 4.69) is 53.7 Å². The minimum atomic E-state index is -0.146. The molecular formula is C21H28O3. The lowest BCUT2D eigenvalue weighted by Crippen LogP contribution is -2.24. The lowest BCUT2D eigenvalue weighted by Gasteiger charge is -2.16. The number of hydrogen-bond acceptors (Lipinski definition) is 3. The Morgan fingerprint density at radius 3 is 2.67 bits per heavy atom. The maximum absolute atomic E-state index is 12.4. The van der Waals surface area contributed by atoms with E-state index in [1.165, 1.54) is 11.1 Å². The highest BCUT2D eigenvalue weighted by Crippen LogP contribution is 2.59. The molecule has 0 aromatic heterocycles. The number of fused-ring (bicyclic) bond motifs is 1. The maximum Gasteiger partial charge on any atom is 0.310 e. The van der Waals surface area contributed by atoms with E-state index in [0.717, 1.165) is 17.7 Å². The van der Waals surface area contributed by atoms with E-state index in [4.69, 9.17) is 9.47 Å². The Bertz CT molecular complexity index is 693. The van der Waals surface area contributed by atoms with Gasteiger partial charge in [-0.15, -0.1) is 0 Å². The summed E-state index contributed by atoms with van der Waals surface area (Å²) in [6.45, 7) is 12.9. The minimum Gasteiger partial charge on any atom is -0.487 e. The fourth-order valence-corrected chi connectivity index (χ4v) is 3.76. The van der Waals surface area contributed by atoms with Gasteiger partial charge in [0, 0.05) is 6.42 Å². The van der Waals surface area contributed by atoms with Gasteiger partial charge in [-0.3, -0.25) is 4.79 Å². The number of benzene rings is 1. The van der Waals surface area contributed by atoms with E-state index in [9.17, 15) is 4.79 Å².